The molecule has 4 N–H and O–H groups in total. The third-order valence-electron chi connectivity index (χ3n) is 2.81. The van der Waals surface area contributed by atoms with Gasteiger partial charge in [0, 0.05) is 12.1 Å². The summed E-state index contributed by atoms with van der Waals surface area (Å²) >= 11 is 0. The molecule has 0 fully saturated rings. The molecule has 0 aliphatic heterocycles. The molecule has 0 amide bonds. The monoisotopic (exact) mass is 315 g/mol. The van der Waals surface area contributed by atoms with Gasteiger partial charge in [-0.1, -0.05) is 6.07 Å². The molecule has 2 aromatic rings. The summed E-state index contributed by atoms with van der Waals surface area (Å²) in [4.78, 5) is 16.6. The lowest BCUT2D eigenvalue weighted by Gasteiger charge is -2.23. The van der Waals surface area contributed by atoms with Gasteiger partial charge in [-0.3, -0.25) is 0 Å². The molecule has 0 spiro atoms. The van der Waals surface area contributed by atoms with Crippen molar-refractivity contribution in [2.24, 2.45) is 0 Å². The number of para-hydroxylation sites is 1. The third-order valence-corrected chi connectivity index (χ3v) is 2.81. The van der Waals surface area contributed by atoms with Gasteiger partial charge in [0.05, 0.1) is 5.52 Å². The van der Waals surface area contributed by atoms with E-state index < -0.39 is 6.10 Å². The minimum Gasteiger partial charge on any atom is -0.489 e. The van der Waals surface area contributed by atoms with Crippen LogP contribution in [0.15, 0.2) is 23.0 Å². The fourth-order valence-corrected chi connectivity index (χ4v) is 1.82. The molecule has 2 rings (SSSR count). The van der Waals surface area contributed by atoms with Crippen molar-refractivity contribution in [3.8, 4) is 5.75 Å². The van der Waals surface area contributed by atoms with Crippen molar-refractivity contribution < 1.29 is 9.84 Å². The average Bonchev–Trinajstić information content (AvgIpc) is 2.73. The Labute approximate surface area is 129 Å². The maximum atomic E-state index is 11.3. The number of benzene rings is 1. The van der Waals surface area contributed by atoms with Gasteiger partial charge >= 0.3 is 5.69 Å². The van der Waals surface area contributed by atoms with E-state index in [9.17, 15) is 9.90 Å². The minimum absolute atomic E-state index is 0. The number of β-amino-alcohol motifs (C(OH)–C–C–N with tert-alkyl or cyclic N) is 1. The number of imidazole rings is 1. The van der Waals surface area contributed by atoms with Crippen molar-refractivity contribution in [1.29, 1.82) is 0 Å². The van der Waals surface area contributed by atoms with E-state index in [1.165, 1.54) is 0 Å². The van der Waals surface area contributed by atoms with Crippen molar-refractivity contribution in [3.05, 3.63) is 28.7 Å². The molecule has 0 bridgehead atoms. The van der Waals surface area contributed by atoms with Crippen LogP contribution in [0, 0.1) is 0 Å². The highest BCUT2D eigenvalue weighted by Gasteiger charge is 2.13. The van der Waals surface area contributed by atoms with Gasteiger partial charge in [0.2, 0.25) is 0 Å². The van der Waals surface area contributed by atoms with Crippen LogP contribution in [-0.4, -0.2) is 39.9 Å². The highest BCUT2D eigenvalue weighted by Crippen LogP contribution is 2.20. The van der Waals surface area contributed by atoms with E-state index in [-0.39, 0.29) is 30.2 Å². The van der Waals surface area contributed by atoms with Crippen LogP contribution in [0.1, 0.15) is 20.8 Å². The smallest absolute Gasteiger partial charge is 0.323 e. The summed E-state index contributed by atoms with van der Waals surface area (Å²) in [7, 11) is 0. The number of nitrogens with one attached hydrogen (secondary N) is 3. The quantitative estimate of drug-likeness (QED) is 0.671. The molecule has 1 heterocycles. The molecule has 118 valence electrons. The Bertz CT molecular complexity index is 630. The number of fused-ring (bicyclic) bond motifs is 1. The molecule has 1 atom stereocenters. The Kier molecular flexibility index (Phi) is 5.83. The lowest BCUT2D eigenvalue weighted by molar-refractivity contribution is 0.101. The van der Waals surface area contributed by atoms with E-state index >= 15 is 0 Å². The normalized spacial score (nSPS) is 13.0. The van der Waals surface area contributed by atoms with Crippen LogP contribution < -0.4 is 15.7 Å². The van der Waals surface area contributed by atoms with Gasteiger partial charge in [-0.2, -0.15) is 0 Å². The number of hydrogen-bond donors (Lipinski definition) is 4. The van der Waals surface area contributed by atoms with Crippen LogP contribution in [0.5, 0.6) is 5.75 Å². The summed E-state index contributed by atoms with van der Waals surface area (Å²) in [6, 6.07) is 5.34. The Morgan fingerprint density at radius 3 is 2.71 bits per heavy atom. The van der Waals surface area contributed by atoms with Crippen molar-refractivity contribution in [2.45, 2.75) is 32.4 Å². The second-order valence-corrected chi connectivity index (χ2v) is 5.85. The summed E-state index contributed by atoms with van der Waals surface area (Å²) in [5.41, 5.74) is 0.988. The van der Waals surface area contributed by atoms with Gasteiger partial charge in [-0.05, 0) is 32.9 Å². The molecule has 0 aliphatic carbocycles. The number of rotatable bonds is 5. The lowest BCUT2D eigenvalue weighted by atomic mass is 10.1. The molecule has 0 aliphatic rings. The largest absolute Gasteiger partial charge is 0.489 e. The Morgan fingerprint density at radius 1 is 1.33 bits per heavy atom. The highest BCUT2D eigenvalue weighted by molar-refractivity contribution is 5.85. The van der Waals surface area contributed by atoms with E-state index in [0.717, 1.165) is 0 Å². The number of aliphatic hydroxyl groups is 1. The highest BCUT2D eigenvalue weighted by atomic mass is 35.5. The van der Waals surface area contributed by atoms with Crippen molar-refractivity contribution in [3.63, 3.8) is 0 Å². The summed E-state index contributed by atoms with van der Waals surface area (Å²) in [5.74, 6) is 0.552. The molecule has 1 aromatic heterocycles. The predicted octanol–water partition coefficient (Wildman–Crippen LogP) is 1.41. The zero-order valence-corrected chi connectivity index (χ0v) is 13.2. The number of aromatic amines is 2. The second kappa shape index (κ2) is 6.98. The molecule has 21 heavy (non-hydrogen) atoms. The van der Waals surface area contributed by atoms with Gasteiger partial charge < -0.3 is 25.1 Å². The van der Waals surface area contributed by atoms with E-state index in [1.54, 1.807) is 18.2 Å². The SMILES string of the molecule is CC(C)(C)NC[C@@H](O)COc1cccc2[nH]c(=O)[nH]c12.Cl. The average molecular weight is 316 g/mol. The van der Waals surface area contributed by atoms with Gasteiger partial charge in [0.25, 0.3) is 0 Å². The molecule has 6 nitrogen and oxygen atoms in total. The summed E-state index contributed by atoms with van der Waals surface area (Å²) in [6.45, 7) is 6.71. The first kappa shape index (κ1) is 17.6. The molecule has 1 aromatic carbocycles. The van der Waals surface area contributed by atoms with E-state index in [0.29, 0.717) is 23.3 Å². The number of aliphatic hydroxyl groups excluding tert-OH is 1. The Hall–Kier alpha value is -1.50. The fraction of sp³-hybridized carbons (Fsp3) is 0.500. The summed E-state index contributed by atoms with van der Waals surface area (Å²) in [6.07, 6.45) is -0.616. The number of H-pyrrole nitrogens is 2. The van der Waals surface area contributed by atoms with E-state index in [1.807, 2.05) is 20.8 Å². The van der Waals surface area contributed by atoms with Gasteiger partial charge in [0.15, 0.2) is 0 Å². The maximum Gasteiger partial charge on any atom is 0.323 e. The minimum atomic E-state index is -0.616. The third kappa shape index (κ3) is 5.08. The van der Waals surface area contributed by atoms with Crippen molar-refractivity contribution in [1.82, 2.24) is 15.3 Å². The molecule has 0 unspecified atom stereocenters. The van der Waals surface area contributed by atoms with Gasteiger partial charge in [0.1, 0.15) is 24.0 Å². The summed E-state index contributed by atoms with van der Waals surface area (Å²) < 4.78 is 5.58. The number of aromatic nitrogens is 2. The molecule has 7 heteroatoms. The fourth-order valence-electron chi connectivity index (χ4n) is 1.82. The van der Waals surface area contributed by atoms with Crippen LogP contribution in [0.2, 0.25) is 0 Å². The first-order valence-electron chi connectivity index (χ1n) is 6.62. The second-order valence-electron chi connectivity index (χ2n) is 5.85. The topological polar surface area (TPSA) is 90.1 Å². The molecular weight excluding hydrogens is 294 g/mol. The zero-order valence-electron chi connectivity index (χ0n) is 12.4. The van der Waals surface area contributed by atoms with Crippen LogP contribution in [0.3, 0.4) is 0 Å². The maximum absolute atomic E-state index is 11.3. The standard InChI is InChI=1S/C14H21N3O3.ClH/c1-14(2,3)15-7-9(18)8-20-11-6-4-5-10-12(11)17-13(19)16-10;/h4-6,9,15,18H,7-8H2,1-3H3,(H2,16,17,19);1H/t9-;/m1./s1. The summed E-state index contributed by atoms with van der Waals surface area (Å²) in [5, 5.41) is 13.1. The zero-order chi connectivity index (χ0) is 14.8. The van der Waals surface area contributed by atoms with Crippen molar-refractivity contribution in [2.75, 3.05) is 13.2 Å². The first-order valence-corrected chi connectivity index (χ1v) is 6.62. The molecule has 0 saturated heterocycles. The molecule has 0 radical (unpaired) electrons. The van der Waals surface area contributed by atoms with Gasteiger partial charge in [-0.15, -0.1) is 12.4 Å². The van der Waals surface area contributed by atoms with Crippen LogP contribution in [0.25, 0.3) is 11.0 Å². The number of hydrogen-bond acceptors (Lipinski definition) is 4. The molecule has 0 saturated carbocycles. The number of halogens is 1. The van der Waals surface area contributed by atoms with E-state index in [4.69, 9.17) is 4.74 Å². The Morgan fingerprint density at radius 2 is 2.05 bits per heavy atom. The van der Waals surface area contributed by atoms with Crippen LogP contribution >= 0.6 is 12.4 Å². The van der Waals surface area contributed by atoms with Crippen LogP contribution in [0.4, 0.5) is 0 Å². The Balaban J connectivity index is 0.00000220. The number of ether oxygens (including phenoxy) is 1. The van der Waals surface area contributed by atoms with E-state index in [2.05, 4.69) is 15.3 Å². The van der Waals surface area contributed by atoms with Crippen LogP contribution in [-0.2, 0) is 0 Å². The predicted molar refractivity (Wildman–Crippen MR) is 85.4 cm³/mol. The van der Waals surface area contributed by atoms with Crippen molar-refractivity contribution >= 4 is 23.4 Å². The first-order chi connectivity index (χ1) is 9.35. The molecular formula is C14H22ClN3O3. The lowest BCUT2D eigenvalue weighted by Crippen LogP contribution is -2.42. The van der Waals surface area contributed by atoms with Gasteiger partial charge in [-0.25, -0.2) is 4.79 Å².